The van der Waals surface area contributed by atoms with E-state index in [0.717, 1.165) is 26.5 Å². The van der Waals surface area contributed by atoms with Crippen molar-refractivity contribution in [3.05, 3.63) is 82.8 Å². The van der Waals surface area contributed by atoms with Crippen LogP contribution in [0.15, 0.2) is 77.3 Å². The molecule has 0 radical (unpaired) electrons. The largest absolute Gasteiger partial charge is 0.332 e. The Bertz CT molecular complexity index is 946. The zero-order valence-electron chi connectivity index (χ0n) is 13.2. The third-order valence-corrected chi connectivity index (χ3v) is 4.31. The molecule has 0 unspecified atom stereocenters. The summed E-state index contributed by atoms with van der Waals surface area (Å²) in [6, 6.07) is 21.6. The minimum absolute atomic E-state index is 0.259. The molecule has 2 N–H and O–H groups in total. The maximum absolute atomic E-state index is 12.1. The van der Waals surface area contributed by atoms with E-state index in [1.807, 2.05) is 66.7 Å². The van der Waals surface area contributed by atoms with E-state index < -0.39 is 0 Å². The van der Waals surface area contributed by atoms with E-state index in [9.17, 15) is 4.79 Å². The third-order valence-electron chi connectivity index (χ3n) is 3.58. The number of carbonyl (C=O) groups excluding carboxylic acids is 1. The highest BCUT2D eigenvalue weighted by Gasteiger charge is 2.02. The number of rotatable bonds is 3. The lowest BCUT2D eigenvalue weighted by Crippen LogP contribution is -2.32. The van der Waals surface area contributed by atoms with Gasteiger partial charge in [-0.3, -0.25) is 10.1 Å². The summed E-state index contributed by atoms with van der Waals surface area (Å²) in [6.07, 6.45) is 3.28. The van der Waals surface area contributed by atoms with Gasteiger partial charge in [0.2, 0.25) is 5.91 Å². The van der Waals surface area contributed by atoms with Crippen LogP contribution in [0.25, 0.3) is 16.8 Å². The van der Waals surface area contributed by atoms with E-state index in [-0.39, 0.29) is 11.0 Å². The number of thiocarbonyl (C=S) groups is 1. The van der Waals surface area contributed by atoms with E-state index in [1.165, 1.54) is 6.08 Å². The molecule has 0 aliphatic carbocycles. The normalized spacial score (nSPS) is 10.8. The minimum atomic E-state index is -0.275. The highest BCUT2D eigenvalue weighted by atomic mass is 79.9. The van der Waals surface area contributed by atoms with Gasteiger partial charge in [0.15, 0.2) is 5.11 Å². The molecular formula is C20H15BrN2OS. The van der Waals surface area contributed by atoms with Gasteiger partial charge in [0, 0.05) is 16.2 Å². The first-order valence-electron chi connectivity index (χ1n) is 7.65. The summed E-state index contributed by atoms with van der Waals surface area (Å²) in [6.45, 7) is 0. The average Bonchev–Trinajstić information content (AvgIpc) is 2.62. The Kier molecular flexibility index (Phi) is 5.58. The SMILES string of the molecule is O=C(C=Cc1cccc2ccccc12)NC(=S)Nc1ccc(Br)cc1. The second-order valence-electron chi connectivity index (χ2n) is 5.35. The molecule has 0 atom stereocenters. The second kappa shape index (κ2) is 8.05. The van der Waals surface area contributed by atoms with Gasteiger partial charge < -0.3 is 5.32 Å². The first-order chi connectivity index (χ1) is 12.1. The van der Waals surface area contributed by atoms with Gasteiger partial charge in [-0.15, -0.1) is 0 Å². The smallest absolute Gasteiger partial charge is 0.250 e. The van der Waals surface area contributed by atoms with Crippen molar-refractivity contribution in [1.82, 2.24) is 5.32 Å². The van der Waals surface area contributed by atoms with Crippen molar-refractivity contribution in [1.29, 1.82) is 0 Å². The van der Waals surface area contributed by atoms with Gasteiger partial charge in [-0.1, -0.05) is 58.4 Å². The molecule has 0 aliphatic heterocycles. The molecule has 0 spiro atoms. The zero-order valence-corrected chi connectivity index (χ0v) is 15.6. The Labute approximate surface area is 159 Å². The van der Waals surface area contributed by atoms with Gasteiger partial charge in [0.1, 0.15) is 0 Å². The number of carbonyl (C=O) groups is 1. The highest BCUT2D eigenvalue weighted by molar-refractivity contribution is 9.10. The highest BCUT2D eigenvalue weighted by Crippen LogP contribution is 2.19. The number of hydrogen-bond acceptors (Lipinski definition) is 2. The molecule has 5 heteroatoms. The van der Waals surface area contributed by atoms with Crippen LogP contribution in [0.5, 0.6) is 0 Å². The lowest BCUT2D eigenvalue weighted by atomic mass is 10.0. The predicted octanol–water partition coefficient (Wildman–Crippen LogP) is 5.13. The molecule has 0 bridgehead atoms. The van der Waals surface area contributed by atoms with Crippen LogP contribution in [0.2, 0.25) is 0 Å². The van der Waals surface area contributed by atoms with E-state index in [4.69, 9.17) is 12.2 Å². The fraction of sp³-hybridized carbons (Fsp3) is 0. The third kappa shape index (κ3) is 4.75. The molecule has 3 aromatic rings. The van der Waals surface area contributed by atoms with Crippen molar-refractivity contribution in [2.24, 2.45) is 0 Å². The first kappa shape index (κ1) is 17.3. The molecule has 1 amide bonds. The van der Waals surface area contributed by atoms with Crippen LogP contribution in [0.3, 0.4) is 0 Å². The van der Waals surface area contributed by atoms with Crippen LogP contribution in [0.1, 0.15) is 5.56 Å². The maximum atomic E-state index is 12.1. The Morgan fingerprint density at radius 2 is 1.68 bits per heavy atom. The van der Waals surface area contributed by atoms with Crippen molar-refractivity contribution in [3.63, 3.8) is 0 Å². The summed E-state index contributed by atoms with van der Waals surface area (Å²) in [5, 5.41) is 8.11. The van der Waals surface area contributed by atoms with Crippen molar-refractivity contribution in [3.8, 4) is 0 Å². The van der Waals surface area contributed by atoms with Gasteiger partial charge in [-0.25, -0.2) is 0 Å². The van der Waals surface area contributed by atoms with Crippen LogP contribution in [0, 0.1) is 0 Å². The molecule has 3 rings (SSSR count). The summed E-state index contributed by atoms with van der Waals surface area (Å²) in [5.41, 5.74) is 1.80. The Hall–Kier alpha value is -2.50. The topological polar surface area (TPSA) is 41.1 Å². The average molecular weight is 411 g/mol. The minimum Gasteiger partial charge on any atom is -0.332 e. The lowest BCUT2D eigenvalue weighted by molar-refractivity contribution is -0.115. The van der Waals surface area contributed by atoms with Crippen LogP contribution in [0.4, 0.5) is 5.69 Å². The Balaban J connectivity index is 1.64. The van der Waals surface area contributed by atoms with Crippen molar-refractivity contribution in [2.45, 2.75) is 0 Å². The molecule has 0 aromatic heterocycles. The van der Waals surface area contributed by atoms with Crippen molar-refractivity contribution in [2.75, 3.05) is 5.32 Å². The number of fused-ring (bicyclic) bond motifs is 1. The van der Waals surface area contributed by atoms with Crippen LogP contribution >= 0.6 is 28.1 Å². The maximum Gasteiger partial charge on any atom is 0.250 e. The fourth-order valence-electron chi connectivity index (χ4n) is 2.41. The van der Waals surface area contributed by atoms with Crippen molar-refractivity contribution >= 4 is 61.7 Å². The fourth-order valence-corrected chi connectivity index (χ4v) is 2.89. The van der Waals surface area contributed by atoms with E-state index in [0.29, 0.717) is 0 Å². The van der Waals surface area contributed by atoms with Crippen LogP contribution < -0.4 is 10.6 Å². The van der Waals surface area contributed by atoms with Crippen LogP contribution in [-0.2, 0) is 4.79 Å². The Morgan fingerprint density at radius 3 is 2.48 bits per heavy atom. The Morgan fingerprint density at radius 1 is 0.960 bits per heavy atom. The molecule has 25 heavy (non-hydrogen) atoms. The molecule has 0 saturated carbocycles. The molecule has 0 fully saturated rings. The lowest BCUT2D eigenvalue weighted by Gasteiger charge is -2.08. The molecular weight excluding hydrogens is 396 g/mol. The molecule has 124 valence electrons. The summed E-state index contributed by atoms with van der Waals surface area (Å²) >= 11 is 8.54. The second-order valence-corrected chi connectivity index (χ2v) is 6.68. The molecule has 0 saturated heterocycles. The van der Waals surface area contributed by atoms with Gasteiger partial charge in [-0.05, 0) is 58.9 Å². The number of amides is 1. The summed E-state index contributed by atoms with van der Waals surface area (Å²) < 4.78 is 0.978. The summed E-state index contributed by atoms with van der Waals surface area (Å²) in [5.74, 6) is -0.275. The summed E-state index contributed by atoms with van der Waals surface area (Å²) in [7, 11) is 0. The van der Waals surface area contributed by atoms with E-state index in [2.05, 4.69) is 26.6 Å². The summed E-state index contributed by atoms with van der Waals surface area (Å²) in [4.78, 5) is 12.1. The number of halogens is 1. The van der Waals surface area contributed by atoms with Gasteiger partial charge >= 0.3 is 0 Å². The number of hydrogen-bond donors (Lipinski definition) is 2. The van der Waals surface area contributed by atoms with E-state index >= 15 is 0 Å². The monoisotopic (exact) mass is 410 g/mol. The number of benzene rings is 3. The van der Waals surface area contributed by atoms with Gasteiger partial charge in [-0.2, -0.15) is 0 Å². The quantitative estimate of drug-likeness (QED) is 0.464. The van der Waals surface area contributed by atoms with E-state index in [1.54, 1.807) is 6.08 Å². The molecule has 3 aromatic carbocycles. The van der Waals surface area contributed by atoms with Crippen LogP contribution in [-0.4, -0.2) is 11.0 Å². The zero-order chi connectivity index (χ0) is 17.6. The molecule has 3 nitrogen and oxygen atoms in total. The predicted molar refractivity (Wildman–Crippen MR) is 111 cm³/mol. The van der Waals surface area contributed by atoms with Gasteiger partial charge in [0.05, 0.1) is 0 Å². The first-order valence-corrected chi connectivity index (χ1v) is 8.85. The number of nitrogens with one attached hydrogen (secondary N) is 2. The molecule has 0 heterocycles. The van der Waals surface area contributed by atoms with Gasteiger partial charge in [0.25, 0.3) is 0 Å². The van der Waals surface area contributed by atoms with Crippen molar-refractivity contribution < 1.29 is 4.79 Å². The number of anilines is 1. The molecule has 0 aliphatic rings. The standard InChI is InChI=1S/C20H15BrN2OS/c21-16-9-11-17(12-10-16)22-20(25)23-19(24)13-8-15-6-3-5-14-4-1-2-7-18(14)15/h1-13H,(H2,22,23,24,25).